The Balaban J connectivity index is 0.00000121. The van der Waals surface area contributed by atoms with Gasteiger partial charge in [0.2, 0.25) is 0 Å². The SMILES string of the molecule is CNCc1ccc(Cl)cc1Br.Cl. The zero-order valence-corrected chi connectivity index (χ0v) is 9.76. The van der Waals surface area contributed by atoms with Gasteiger partial charge in [0, 0.05) is 16.0 Å². The molecule has 0 atom stereocenters. The maximum atomic E-state index is 5.77. The summed E-state index contributed by atoms with van der Waals surface area (Å²) in [5, 5.41) is 3.83. The number of halogens is 3. The molecule has 0 heterocycles. The highest BCUT2D eigenvalue weighted by Gasteiger charge is 1.97. The smallest absolute Gasteiger partial charge is 0.0417 e. The molecule has 0 saturated heterocycles. The predicted molar refractivity (Wildman–Crippen MR) is 59.2 cm³/mol. The van der Waals surface area contributed by atoms with Crippen LogP contribution in [0.3, 0.4) is 0 Å². The molecule has 1 N–H and O–H groups in total. The number of rotatable bonds is 2. The lowest BCUT2D eigenvalue weighted by atomic mass is 10.2. The molecule has 68 valence electrons. The van der Waals surface area contributed by atoms with Crippen molar-refractivity contribution in [1.82, 2.24) is 5.32 Å². The highest BCUT2D eigenvalue weighted by atomic mass is 79.9. The molecule has 4 heteroatoms. The van der Waals surface area contributed by atoms with Gasteiger partial charge in [-0.25, -0.2) is 0 Å². The quantitative estimate of drug-likeness (QED) is 0.870. The molecule has 0 aliphatic carbocycles. The maximum absolute atomic E-state index is 5.77. The third-order valence-electron chi connectivity index (χ3n) is 1.38. The van der Waals surface area contributed by atoms with Gasteiger partial charge in [0.1, 0.15) is 0 Å². The Morgan fingerprint density at radius 3 is 2.67 bits per heavy atom. The molecule has 0 bridgehead atoms. The van der Waals surface area contributed by atoms with Crippen molar-refractivity contribution in [1.29, 1.82) is 0 Å². The summed E-state index contributed by atoms with van der Waals surface area (Å²) in [6.45, 7) is 0.859. The van der Waals surface area contributed by atoms with Crippen molar-refractivity contribution in [3.8, 4) is 0 Å². The van der Waals surface area contributed by atoms with Crippen LogP contribution in [0.2, 0.25) is 5.02 Å². The third kappa shape index (κ3) is 3.31. The predicted octanol–water partition coefficient (Wildman–Crippen LogP) is 3.24. The first kappa shape index (κ1) is 12.2. The lowest BCUT2D eigenvalue weighted by Crippen LogP contribution is -2.05. The average Bonchev–Trinajstić information content (AvgIpc) is 1.95. The van der Waals surface area contributed by atoms with Gasteiger partial charge in [0.05, 0.1) is 0 Å². The van der Waals surface area contributed by atoms with Crippen LogP contribution in [0.1, 0.15) is 5.56 Å². The highest BCUT2D eigenvalue weighted by Crippen LogP contribution is 2.20. The molecule has 12 heavy (non-hydrogen) atoms. The summed E-state index contributed by atoms with van der Waals surface area (Å²) in [6.07, 6.45) is 0. The molecule has 1 aromatic rings. The van der Waals surface area contributed by atoms with Gasteiger partial charge in [-0.15, -0.1) is 12.4 Å². The minimum Gasteiger partial charge on any atom is -0.316 e. The molecule has 1 aromatic carbocycles. The molecular weight excluding hydrogens is 261 g/mol. The Kier molecular flexibility index (Phi) is 5.93. The normalized spacial score (nSPS) is 9.25. The zero-order chi connectivity index (χ0) is 8.27. The Morgan fingerprint density at radius 1 is 1.50 bits per heavy atom. The number of hydrogen-bond acceptors (Lipinski definition) is 1. The molecule has 1 nitrogen and oxygen atoms in total. The molecule has 0 spiro atoms. The molecule has 0 aliphatic heterocycles. The fourth-order valence-corrected chi connectivity index (χ4v) is 1.68. The van der Waals surface area contributed by atoms with E-state index in [-0.39, 0.29) is 12.4 Å². The summed E-state index contributed by atoms with van der Waals surface area (Å²) in [4.78, 5) is 0. The first-order valence-electron chi connectivity index (χ1n) is 3.32. The van der Waals surface area contributed by atoms with Crippen LogP contribution >= 0.6 is 39.9 Å². The van der Waals surface area contributed by atoms with Crippen LogP contribution in [0, 0.1) is 0 Å². The highest BCUT2D eigenvalue weighted by molar-refractivity contribution is 9.10. The summed E-state index contributed by atoms with van der Waals surface area (Å²) >= 11 is 9.19. The Morgan fingerprint density at radius 2 is 2.17 bits per heavy atom. The Hall–Kier alpha value is 0.240. The molecule has 1 rings (SSSR count). The van der Waals surface area contributed by atoms with E-state index in [2.05, 4.69) is 21.2 Å². The summed E-state index contributed by atoms with van der Waals surface area (Å²) in [7, 11) is 1.92. The third-order valence-corrected chi connectivity index (χ3v) is 2.36. The van der Waals surface area contributed by atoms with Crippen LogP contribution in [0.5, 0.6) is 0 Å². The van der Waals surface area contributed by atoms with Gasteiger partial charge in [0.25, 0.3) is 0 Å². The molecule has 0 radical (unpaired) electrons. The molecule has 0 amide bonds. The molecule has 0 aliphatic rings. The average molecular weight is 271 g/mol. The number of benzene rings is 1. The second-order valence-electron chi connectivity index (χ2n) is 2.27. The number of hydrogen-bond donors (Lipinski definition) is 1. The van der Waals surface area contributed by atoms with Gasteiger partial charge in [-0.05, 0) is 24.7 Å². The van der Waals surface area contributed by atoms with E-state index in [4.69, 9.17) is 11.6 Å². The molecule has 0 saturated carbocycles. The van der Waals surface area contributed by atoms with Crippen molar-refractivity contribution in [2.24, 2.45) is 0 Å². The van der Waals surface area contributed by atoms with Gasteiger partial charge in [-0.2, -0.15) is 0 Å². The van der Waals surface area contributed by atoms with E-state index < -0.39 is 0 Å². The van der Waals surface area contributed by atoms with Gasteiger partial charge >= 0.3 is 0 Å². The van der Waals surface area contributed by atoms with E-state index in [1.807, 2.05) is 25.2 Å². The van der Waals surface area contributed by atoms with Crippen LogP contribution in [0.25, 0.3) is 0 Å². The fourth-order valence-electron chi connectivity index (χ4n) is 0.855. The van der Waals surface area contributed by atoms with Crippen molar-refractivity contribution in [3.63, 3.8) is 0 Å². The minimum atomic E-state index is 0. The van der Waals surface area contributed by atoms with Crippen LogP contribution in [0.4, 0.5) is 0 Å². The molecule has 0 fully saturated rings. The zero-order valence-electron chi connectivity index (χ0n) is 6.60. The first-order valence-corrected chi connectivity index (χ1v) is 4.49. The van der Waals surface area contributed by atoms with E-state index in [1.54, 1.807) is 0 Å². The van der Waals surface area contributed by atoms with E-state index in [0.29, 0.717) is 0 Å². The lowest BCUT2D eigenvalue weighted by Gasteiger charge is -2.02. The van der Waals surface area contributed by atoms with Crippen LogP contribution in [-0.2, 0) is 6.54 Å². The van der Waals surface area contributed by atoms with Gasteiger partial charge in [0.15, 0.2) is 0 Å². The van der Waals surface area contributed by atoms with Crippen molar-refractivity contribution >= 4 is 39.9 Å². The summed E-state index contributed by atoms with van der Waals surface area (Å²) < 4.78 is 1.05. The topological polar surface area (TPSA) is 12.0 Å². The van der Waals surface area contributed by atoms with Crippen molar-refractivity contribution in [2.45, 2.75) is 6.54 Å². The second kappa shape index (κ2) is 5.81. The monoisotopic (exact) mass is 269 g/mol. The largest absolute Gasteiger partial charge is 0.316 e. The summed E-state index contributed by atoms with van der Waals surface area (Å²) in [6, 6.07) is 5.79. The summed E-state index contributed by atoms with van der Waals surface area (Å²) in [5.74, 6) is 0. The van der Waals surface area contributed by atoms with Crippen LogP contribution in [0.15, 0.2) is 22.7 Å². The van der Waals surface area contributed by atoms with Crippen molar-refractivity contribution < 1.29 is 0 Å². The van der Waals surface area contributed by atoms with Crippen molar-refractivity contribution in [3.05, 3.63) is 33.3 Å². The van der Waals surface area contributed by atoms with E-state index in [0.717, 1.165) is 16.0 Å². The first-order chi connectivity index (χ1) is 5.24. The molecule has 0 aromatic heterocycles. The van der Waals surface area contributed by atoms with Gasteiger partial charge in [-0.3, -0.25) is 0 Å². The molecular formula is C8H10BrCl2N. The number of nitrogens with one attached hydrogen (secondary N) is 1. The van der Waals surface area contributed by atoms with E-state index in [1.165, 1.54) is 5.56 Å². The molecule has 0 unspecified atom stereocenters. The van der Waals surface area contributed by atoms with E-state index >= 15 is 0 Å². The second-order valence-corrected chi connectivity index (χ2v) is 3.56. The lowest BCUT2D eigenvalue weighted by molar-refractivity contribution is 0.814. The van der Waals surface area contributed by atoms with Gasteiger partial charge < -0.3 is 5.32 Å². The Bertz CT molecular complexity index is 253. The fraction of sp³-hybridized carbons (Fsp3) is 0.250. The van der Waals surface area contributed by atoms with Gasteiger partial charge in [-0.1, -0.05) is 33.6 Å². The van der Waals surface area contributed by atoms with Crippen LogP contribution in [-0.4, -0.2) is 7.05 Å². The van der Waals surface area contributed by atoms with Crippen LogP contribution < -0.4 is 5.32 Å². The standard InChI is InChI=1S/C8H9BrClN.ClH/c1-11-5-6-2-3-7(10)4-8(6)9;/h2-4,11H,5H2,1H3;1H. The maximum Gasteiger partial charge on any atom is 0.0417 e. The van der Waals surface area contributed by atoms with E-state index in [9.17, 15) is 0 Å². The van der Waals surface area contributed by atoms with Crippen molar-refractivity contribution in [2.75, 3.05) is 7.05 Å². The minimum absolute atomic E-state index is 0. The summed E-state index contributed by atoms with van der Waals surface area (Å²) in [5.41, 5.74) is 1.22. The Labute approximate surface area is 92.0 Å².